The molecular weight excluding hydrogens is 378 g/mol. The molecule has 0 radical (unpaired) electrons. The van der Waals surface area contributed by atoms with E-state index in [-0.39, 0.29) is 18.4 Å². The molecule has 0 aromatic heterocycles. The monoisotopic (exact) mass is 407 g/mol. The van der Waals surface area contributed by atoms with Crippen molar-refractivity contribution >= 4 is 23.2 Å². The molecule has 2 N–H and O–H groups in total. The van der Waals surface area contributed by atoms with Crippen LogP contribution in [0.2, 0.25) is 0 Å². The van der Waals surface area contributed by atoms with Crippen LogP contribution in [0.25, 0.3) is 0 Å². The van der Waals surface area contributed by atoms with Crippen LogP contribution >= 0.6 is 0 Å². The number of amides is 2. The fourth-order valence-electron chi connectivity index (χ4n) is 3.30. The van der Waals surface area contributed by atoms with Gasteiger partial charge < -0.3 is 20.3 Å². The minimum Gasteiger partial charge on any atom is -0.489 e. The summed E-state index contributed by atoms with van der Waals surface area (Å²) in [6.45, 7) is 7.88. The largest absolute Gasteiger partial charge is 0.489 e. The third kappa shape index (κ3) is 6.37. The number of hydrogen-bond donors (Lipinski definition) is 2. The Hall–Kier alpha value is -3.28. The fourth-order valence-corrected chi connectivity index (χ4v) is 3.30. The first-order valence-corrected chi connectivity index (χ1v) is 10.3. The number of carbonyl (C=O) groups excluding carboxylic acids is 2. The van der Waals surface area contributed by atoms with Crippen LogP contribution in [0.1, 0.15) is 36.5 Å². The number of hydrogen-bond acceptors (Lipinski definition) is 4. The lowest BCUT2D eigenvalue weighted by molar-refractivity contribution is -0.114. The molecule has 2 aromatic rings. The highest BCUT2D eigenvalue weighted by atomic mass is 16.5. The van der Waals surface area contributed by atoms with E-state index in [1.807, 2.05) is 36.1 Å². The van der Waals surface area contributed by atoms with Gasteiger partial charge in [-0.2, -0.15) is 0 Å². The number of likely N-dealkylation sites (tertiary alicyclic amines) is 1. The summed E-state index contributed by atoms with van der Waals surface area (Å²) in [5.74, 6) is 0.550. The lowest BCUT2D eigenvalue weighted by atomic mass is 10.1. The molecule has 0 bridgehead atoms. The van der Waals surface area contributed by atoms with Gasteiger partial charge in [0.1, 0.15) is 12.4 Å². The van der Waals surface area contributed by atoms with Crippen LogP contribution in [0.5, 0.6) is 5.75 Å². The number of ether oxygens (including phenoxy) is 1. The maximum absolute atomic E-state index is 12.7. The second-order valence-corrected chi connectivity index (χ2v) is 7.61. The fraction of sp³-hybridized carbons (Fsp3) is 0.333. The number of anilines is 2. The molecule has 1 fully saturated rings. The standard InChI is InChI=1S/C24H29N3O3/c1-18(2)17-30-22-11-7-9-20(15-22)25-16-23(28)26-21-10-6-8-19(14-21)24(29)27-12-4-3-5-13-27/h6-11,14-15,25H,1,3-5,12-13,16-17H2,2H3,(H,26,28). The van der Waals surface area contributed by atoms with Crippen LogP contribution in [-0.4, -0.2) is 43.0 Å². The highest BCUT2D eigenvalue weighted by Gasteiger charge is 2.18. The molecule has 30 heavy (non-hydrogen) atoms. The Kier molecular flexibility index (Phi) is 7.49. The van der Waals surface area contributed by atoms with E-state index < -0.39 is 0 Å². The Morgan fingerprint density at radius 1 is 1.03 bits per heavy atom. The summed E-state index contributed by atoms with van der Waals surface area (Å²) in [6.07, 6.45) is 3.27. The molecule has 2 aromatic carbocycles. The lowest BCUT2D eigenvalue weighted by Crippen LogP contribution is -2.35. The van der Waals surface area contributed by atoms with Crippen molar-refractivity contribution in [3.63, 3.8) is 0 Å². The van der Waals surface area contributed by atoms with Crippen molar-refractivity contribution in [2.45, 2.75) is 26.2 Å². The van der Waals surface area contributed by atoms with Crippen LogP contribution in [0.3, 0.4) is 0 Å². The summed E-state index contributed by atoms with van der Waals surface area (Å²) in [5, 5.41) is 5.94. The van der Waals surface area contributed by atoms with E-state index in [1.54, 1.807) is 24.3 Å². The molecule has 0 atom stereocenters. The van der Waals surface area contributed by atoms with Gasteiger partial charge in [0.25, 0.3) is 5.91 Å². The molecule has 0 aliphatic carbocycles. The summed E-state index contributed by atoms with van der Waals surface area (Å²) in [4.78, 5) is 26.9. The smallest absolute Gasteiger partial charge is 0.253 e. The van der Waals surface area contributed by atoms with Crippen LogP contribution in [-0.2, 0) is 4.79 Å². The van der Waals surface area contributed by atoms with E-state index in [4.69, 9.17) is 4.74 Å². The quantitative estimate of drug-likeness (QED) is 0.640. The Morgan fingerprint density at radius 3 is 2.53 bits per heavy atom. The van der Waals surface area contributed by atoms with Crippen molar-refractivity contribution in [2.75, 3.05) is 36.9 Å². The molecule has 1 saturated heterocycles. The molecular formula is C24H29N3O3. The topological polar surface area (TPSA) is 70.7 Å². The Balaban J connectivity index is 1.53. The van der Waals surface area contributed by atoms with Gasteiger partial charge in [0, 0.05) is 36.1 Å². The van der Waals surface area contributed by atoms with E-state index in [0.717, 1.165) is 37.2 Å². The van der Waals surface area contributed by atoms with Gasteiger partial charge in [0.05, 0.1) is 6.54 Å². The number of benzene rings is 2. The zero-order valence-electron chi connectivity index (χ0n) is 17.4. The highest BCUT2D eigenvalue weighted by molar-refractivity contribution is 5.98. The van der Waals surface area contributed by atoms with Crippen molar-refractivity contribution in [2.24, 2.45) is 0 Å². The van der Waals surface area contributed by atoms with Crippen molar-refractivity contribution in [1.82, 2.24) is 4.90 Å². The summed E-state index contributed by atoms with van der Waals surface area (Å²) in [5.41, 5.74) is 2.94. The third-order valence-electron chi connectivity index (χ3n) is 4.81. The van der Waals surface area contributed by atoms with Crippen LogP contribution < -0.4 is 15.4 Å². The molecule has 0 saturated carbocycles. The average Bonchev–Trinajstić information content (AvgIpc) is 2.77. The molecule has 1 aliphatic heterocycles. The van der Waals surface area contributed by atoms with Crippen molar-refractivity contribution < 1.29 is 14.3 Å². The van der Waals surface area contributed by atoms with Crippen LogP contribution in [0.15, 0.2) is 60.7 Å². The molecule has 6 nitrogen and oxygen atoms in total. The molecule has 0 unspecified atom stereocenters. The van der Waals surface area contributed by atoms with Crippen molar-refractivity contribution in [3.8, 4) is 5.75 Å². The number of nitrogens with one attached hydrogen (secondary N) is 2. The van der Waals surface area contributed by atoms with E-state index in [0.29, 0.717) is 23.6 Å². The highest BCUT2D eigenvalue weighted by Crippen LogP contribution is 2.19. The molecule has 1 heterocycles. The minimum atomic E-state index is -0.189. The summed E-state index contributed by atoms with van der Waals surface area (Å²) in [7, 11) is 0. The zero-order valence-corrected chi connectivity index (χ0v) is 17.4. The van der Waals surface area contributed by atoms with E-state index >= 15 is 0 Å². The van der Waals surface area contributed by atoms with E-state index in [9.17, 15) is 9.59 Å². The normalized spacial score (nSPS) is 13.4. The summed E-state index contributed by atoms with van der Waals surface area (Å²) < 4.78 is 5.62. The predicted molar refractivity (Wildman–Crippen MR) is 120 cm³/mol. The van der Waals surface area contributed by atoms with Gasteiger partial charge in [-0.25, -0.2) is 0 Å². The summed E-state index contributed by atoms with van der Waals surface area (Å²) in [6, 6.07) is 14.6. The number of piperidine rings is 1. The number of nitrogens with zero attached hydrogens (tertiary/aromatic N) is 1. The first kappa shape index (κ1) is 21.4. The van der Waals surface area contributed by atoms with Crippen molar-refractivity contribution in [3.05, 3.63) is 66.2 Å². The molecule has 158 valence electrons. The van der Waals surface area contributed by atoms with Gasteiger partial charge in [-0.05, 0) is 62.1 Å². The molecule has 1 aliphatic rings. The van der Waals surface area contributed by atoms with Gasteiger partial charge in [-0.15, -0.1) is 0 Å². The molecule has 0 spiro atoms. The minimum absolute atomic E-state index is 0.0236. The maximum atomic E-state index is 12.7. The Bertz CT molecular complexity index is 904. The predicted octanol–water partition coefficient (Wildman–Crippen LogP) is 4.32. The van der Waals surface area contributed by atoms with Gasteiger partial charge in [-0.3, -0.25) is 9.59 Å². The first-order valence-electron chi connectivity index (χ1n) is 10.3. The molecule has 6 heteroatoms. The third-order valence-corrected chi connectivity index (χ3v) is 4.81. The number of rotatable bonds is 8. The molecule has 2 amide bonds. The van der Waals surface area contributed by atoms with Crippen LogP contribution in [0, 0.1) is 0 Å². The molecule has 3 rings (SSSR count). The van der Waals surface area contributed by atoms with E-state index in [1.165, 1.54) is 6.42 Å². The van der Waals surface area contributed by atoms with Gasteiger partial charge in [0.15, 0.2) is 0 Å². The Labute approximate surface area is 177 Å². The van der Waals surface area contributed by atoms with Crippen molar-refractivity contribution in [1.29, 1.82) is 0 Å². The van der Waals surface area contributed by atoms with E-state index in [2.05, 4.69) is 17.2 Å². The zero-order chi connectivity index (χ0) is 21.3. The van der Waals surface area contributed by atoms with Gasteiger partial charge in [0.2, 0.25) is 5.91 Å². The first-order chi connectivity index (χ1) is 14.5. The SMILES string of the molecule is C=C(C)COc1cccc(NCC(=O)Nc2cccc(C(=O)N3CCCCC3)c2)c1. The van der Waals surface area contributed by atoms with Gasteiger partial charge in [-0.1, -0.05) is 18.7 Å². The maximum Gasteiger partial charge on any atom is 0.253 e. The average molecular weight is 408 g/mol. The number of carbonyl (C=O) groups is 2. The Morgan fingerprint density at radius 2 is 1.77 bits per heavy atom. The van der Waals surface area contributed by atoms with Gasteiger partial charge >= 0.3 is 0 Å². The summed E-state index contributed by atoms with van der Waals surface area (Å²) >= 11 is 0. The second kappa shape index (κ2) is 10.5. The second-order valence-electron chi connectivity index (χ2n) is 7.61. The lowest BCUT2D eigenvalue weighted by Gasteiger charge is -2.26. The van der Waals surface area contributed by atoms with Crippen LogP contribution in [0.4, 0.5) is 11.4 Å².